The fourth-order valence-corrected chi connectivity index (χ4v) is 1.32. The molecular formula is C8H9ClF3N5. The first-order valence-corrected chi connectivity index (χ1v) is 4.70. The number of nitrogens with one attached hydrogen (secondary N) is 2. The molecular weight excluding hydrogens is 259 g/mol. The summed E-state index contributed by atoms with van der Waals surface area (Å²) < 4.78 is 37.5. The van der Waals surface area contributed by atoms with Crippen LogP contribution in [-0.4, -0.2) is 18.0 Å². The Kier molecular flexibility index (Phi) is 3.79. The quantitative estimate of drug-likeness (QED) is 0.329. The highest BCUT2D eigenvalue weighted by Gasteiger charge is 2.32. The number of alkyl halides is 3. The van der Waals surface area contributed by atoms with Crippen LogP contribution >= 0.6 is 11.6 Å². The molecule has 0 aliphatic carbocycles. The van der Waals surface area contributed by atoms with Crippen molar-refractivity contribution in [2.24, 2.45) is 5.73 Å². The van der Waals surface area contributed by atoms with Crippen molar-refractivity contribution in [2.45, 2.75) is 6.18 Å². The summed E-state index contributed by atoms with van der Waals surface area (Å²) in [6.45, 7) is 0. The van der Waals surface area contributed by atoms with Gasteiger partial charge < -0.3 is 5.73 Å². The van der Waals surface area contributed by atoms with Gasteiger partial charge in [-0.3, -0.25) is 5.41 Å². The van der Waals surface area contributed by atoms with E-state index in [1.807, 2.05) is 0 Å². The minimum Gasteiger partial charge on any atom is -0.369 e. The highest BCUT2D eigenvalue weighted by molar-refractivity contribution is 6.29. The van der Waals surface area contributed by atoms with E-state index in [-0.39, 0.29) is 11.0 Å². The Labute approximate surface area is 99.9 Å². The Bertz CT molecular complexity index is 434. The minimum atomic E-state index is -4.54. The summed E-state index contributed by atoms with van der Waals surface area (Å²) in [4.78, 5) is 3.65. The smallest absolute Gasteiger partial charge is 0.369 e. The summed E-state index contributed by atoms with van der Waals surface area (Å²) in [5.41, 5.74) is 6.63. The molecule has 0 spiro atoms. The summed E-state index contributed by atoms with van der Waals surface area (Å²) in [7, 11) is 1.39. The van der Waals surface area contributed by atoms with Gasteiger partial charge in [0.25, 0.3) is 0 Å². The second-order valence-electron chi connectivity index (χ2n) is 2.98. The molecule has 0 aromatic carbocycles. The summed E-state index contributed by atoms with van der Waals surface area (Å²) in [5, 5.41) is 7.69. The second kappa shape index (κ2) is 4.76. The zero-order valence-electron chi connectivity index (χ0n) is 8.64. The third-order valence-corrected chi connectivity index (χ3v) is 2.00. The van der Waals surface area contributed by atoms with Gasteiger partial charge in [-0.15, -0.1) is 0 Å². The molecule has 0 saturated heterocycles. The number of guanidine groups is 1. The van der Waals surface area contributed by atoms with Gasteiger partial charge in [-0.05, 0) is 12.1 Å². The van der Waals surface area contributed by atoms with Crippen molar-refractivity contribution in [1.82, 2.24) is 10.4 Å². The molecule has 1 aromatic heterocycles. The number of aromatic nitrogens is 1. The molecule has 17 heavy (non-hydrogen) atoms. The largest absolute Gasteiger partial charge is 0.416 e. The van der Waals surface area contributed by atoms with Crippen molar-refractivity contribution in [2.75, 3.05) is 12.1 Å². The van der Waals surface area contributed by atoms with Crippen LogP contribution in [0.3, 0.4) is 0 Å². The third-order valence-electron chi connectivity index (χ3n) is 1.80. The lowest BCUT2D eigenvalue weighted by atomic mass is 10.2. The van der Waals surface area contributed by atoms with Crippen molar-refractivity contribution in [3.63, 3.8) is 0 Å². The van der Waals surface area contributed by atoms with Crippen molar-refractivity contribution in [3.8, 4) is 0 Å². The van der Waals surface area contributed by atoms with Gasteiger partial charge in [0.15, 0.2) is 5.82 Å². The molecule has 0 unspecified atom stereocenters. The molecule has 0 bridgehead atoms. The number of hydrogen-bond acceptors (Lipinski definition) is 3. The molecule has 9 heteroatoms. The van der Waals surface area contributed by atoms with Crippen LogP contribution in [0.5, 0.6) is 0 Å². The molecule has 0 amide bonds. The molecule has 5 nitrogen and oxygen atoms in total. The molecule has 0 fully saturated rings. The van der Waals surface area contributed by atoms with E-state index in [9.17, 15) is 13.2 Å². The zero-order chi connectivity index (χ0) is 13.2. The van der Waals surface area contributed by atoms with Gasteiger partial charge in [0.2, 0.25) is 5.96 Å². The summed E-state index contributed by atoms with van der Waals surface area (Å²) in [6.07, 6.45) is -4.54. The number of hydrazine groups is 1. The predicted octanol–water partition coefficient (Wildman–Crippen LogP) is 1.59. The van der Waals surface area contributed by atoms with Crippen LogP contribution in [0.4, 0.5) is 19.0 Å². The van der Waals surface area contributed by atoms with E-state index in [1.165, 1.54) is 7.05 Å². The number of anilines is 1. The van der Waals surface area contributed by atoms with E-state index in [0.29, 0.717) is 6.07 Å². The zero-order valence-corrected chi connectivity index (χ0v) is 9.39. The van der Waals surface area contributed by atoms with E-state index in [2.05, 4.69) is 10.4 Å². The first-order valence-electron chi connectivity index (χ1n) is 4.32. The average molecular weight is 268 g/mol. The number of pyridine rings is 1. The fourth-order valence-electron chi connectivity index (χ4n) is 1.12. The molecule has 1 heterocycles. The first kappa shape index (κ1) is 13.5. The summed E-state index contributed by atoms with van der Waals surface area (Å²) in [5.74, 6) is -0.713. The highest BCUT2D eigenvalue weighted by atomic mass is 35.5. The Morgan fingerprint density at radius 3 is 2.53 bits per heavy atom. The van der Waals surface area contributed by atoms with Crippen LogP contribution in [0.15, 0.2) is 12.1 Å². The second-order valence-corrected chi connectivity index (χ2v) is 3.37. The Morgan fingerprint density at radius 2 is 2.12 bits per heavy atom. The topological polar surface area (TPSA) is 78.0 Å². The van der Waals surface area contributed by atoms with Gasteiger partial charge in [-0.2, -0.15) is 13.2 Å². The predicted molar refractivity (Wildman–Crippen MR) is 57.7 cm³/mol. The van der Waals surface area contributed by atoms with Gasteiger partial charge in [0, 0.05) is 7.05 Å². The Morgan fingerprint density at radius 1 is 1.53 bits per heavy atom. The Balaban J connectivity index is 3.26. The maximum atomic E-state index is 12.5. The van der Waals surface area contributed by atoms with E-state index in [0.717, 1.165) is 11.1 Å². The molecule has 0 atom stereocenters. The van der Waals surface area contributed by atoms with E-state index < -0.39 is 17.7 Å². The number of hydrogen-bond donors (Lipinski definition) is 3. The van der Waals surface area contributed by atoms with Gasteiger partial charge in [-0.25, -0.2) is 15.4 Å². The SMILES string of the molecule is CNN(C(=N)N)c1cc(C(F)(F)F)cc(Cl)n1. The maximum absolute atomic E-state index is 12.5. The normalized spacial score (nSPS) is 11.4. The average Bonchev–Trinajstić information content (AvgIpc) is 2.15. The van der Waals surface area contributed by atoms with Crippen LogP contribution in [0, 0.1) is 5.41 Å². The number of nitrogens with zero attached hydrogens (tertiary/aromatic N) is 2. The van der Waals surface area contributed by atoms with Gasteiger partial charge >= 0.3 is 6.18 Å². The molecule has 0 aliphatic rings. The van der Waals surface area contributed by atoms with E-state index in [4.69, 9.17) is 22.7 Å². The molecule has 1 aromatic rings. The van der Waals surface area contributed by atoms with Crippen LogP contribution in [-0.2, 0) is 6.18 Å². The van der Waals surface area contributed by atoms with Crippen LogP contribution in [0.2, 0.25) is 5.15 Å². The highest BCUT2D eigenvalue weighted by Crippen LogP contribution is 2.32. The monoisotopic (exact) mass is 267 g/mol. The minimum absolute atomic E-state index is 0.208. The lowest BCUT2D eigenvalue weighted by Gasteiger charge is -2.21. The molecule has 0 saturated carbocycles. The lowest BCUT2D eigenvalue weighted by molar-refractivity contribution is -0.137. The van der Waals surface area contributed by atoms with Gasteiger partial charge in [-0.1, -0.05) is 11.6 Å². The fraction of sp³-hybridized carbons (Fsp3) is 0.250. The van der Waals surface area contributed by atoms with Crippen molar-refractivity contribution >= 4 is 23.4 Å². The van der Waals surface area contributed by atoms with Crippen molar-refractivity contribution in [1.29, 1.82) is 5.41 Å². The number of rotatable bonds is 2. The summed E-state index contributed by atoms with van der Waals surface area (Å²) in [6, 6.07) is 1.43. The van der Waals surface area contributed by atoms with Crippen LogP contribution < -0.4 is 16.2 Å². The Hall–Kier alpha value is -1.54. The molecule has 1 rings (SSSR count). The maximum Gasteiger partial charge on any atom is 0.416 e. The van der Waals surface area contributed by atoms with Crippen molar-refractivity contribution < 1.29 is 13.2 Å². The molecule has 4 N–H and O–H groups in total. The third kappa shape index (κ3) is 3.21. The number of halogens is 4. The van der Waals surface area contributed by atoms with Crippen molar-refractivity contribution in [3.05, 3.63) is 22.8 Å². The molecule has 0 aliphatic heterocycles. The first-order chi connectivity index (χ1) is 7.75. The van der Waals surface area contributed by atoms with E-state index >= 15 is 0 Å². The van der Waals surface area contributed by atoms with Crippen LogP contribution in [0.1, 0.15) is 5.56 Å². The summed E-state index contributed by atoms with van der Waals surface area (Å²) >= 11 is 5.48. The van der Waals surface area contributed by atoms with Gasteiger partial charge in [0.1, 0.15) is 5.15 Å². The molecule has 94 valence electrons. The van der Waals surface area contributed by atoms with Gasteiger partial charge in [0.05, 0.1) is 5.56 Å². The van der Waals surface area contributed by atoms with E-state index in [1.54, 1.807) is 0 Å². The standard InChI is InChI=1S/C8H9ClF3N5/c1-15-17(7(13)14)6-3-4(8(10,11)12)2-5(9)16-6/h2-3,15H,1H3,(H3,13,14). The number of nitrogens with two attached hydrogens (primary N) is 1. The van der Waals surface area contributed by atoms with Crippen LogP contribution in [0.25, 0.3) is 0 Å². The molecule has 0 radical (unpaired) electrons. The lowest BCUT2D eigenvalue weighted by Crippen LogP contribution is -2.45.